The molecule has 0 bridgehead atoms. The van der Waals surface area contributed by atoms with Crippen molar-refractivity contribution in [3.63, 3.8) is 0 Å². The molecule has 0 radical (unpaired) electrons. The summed E-state index contributed by atoms with van der Waals surface area (Å²) in [7, 11) is 0. The lowest BCUT2D eigenvalue weighted by Gasteiger charge is -1.97. The lowest BCUT2D eigenvalue weighted by molar-refractivity contribution is 0.0687. The number of hydrogen-bond donors (Lipinski definition) is 3. The van der Waals surface area contributed by atoms with Crippen LogP contribution in [-0.4, -0.2) is 26.2 Å². The molecule has 0 saturated heterocycles. The van der Waals surface area contributed by atoms with E-state index in [4.69, 9.17) is 5.11 Å². The molecule has 0 aromatic carbocycles. The number of carboxylic acids is 1. The van der Waals surface area contributed by atoms with Crippen molar-refractivity contribution in [2.75, 3.05) is 0 Å². The minimum absolute atomic E-state index is 0.320. The third-order valence-electron chi connectivity index (χ3n) is 1.72. The topological polar surface area (TPSA) is 86.2 Å². The number of aromatic nitrogens is 2. The number of rotatable bonds is 1. The highest BCUT2D eigenvalue weighted by Gasteiger charge is 2.12. The molecule has 66 valence electrons. The highest BCUT2D eigenvalue weighted by Crippen LogP contribution is 2.20. The smallest absolute Gasteiger partial charge is 0.358 e. The SMILES string of the molecule is O=C(O)c1nc2[nH]ccc2cc1O. The fraction of sp³-hybridized carbons (Fsp3) is 0. The van der Waals surface area contributed by atoms with Crippen molar-refractivity contribution in [3.8, 4) is 5.75 Å². The Morgan fingerprint density at radius 2 is 2.31 bits per heavy atom. The molecule has 0 fully saturated rings. The van der Waals surface area contributed by atoms with Crippen LogP contribution >= 0.6 is 0 Å². The zero-order valence-electron chi connectivity index (χ0n) is 6.48. The van der Waals surface area contributed by atoms with E-state index in [9.17, 15) is 9.90 Å². The van der Waals surface area contributed by atoms with Crippen LogP contribution in [-0.2, 0) is 0 Å². The standard InChI is InChI=1S/C8H6N2O3/c11-5-3-4-1-2-9-7(4)10-6(5)8(12)13/h1-3,11H,(H,9,10)(H,12,13). The number of carboxylic acid groups (broad SMARTS) is 1. The van der Waals surface area contributed by atoms with Gasteiger partial charge in [-0.25, -0.2) is 9.78 Å². The molecule has 2 aromatic heterocycles. The zero-order valence-corrected chi connectivity index (χ0v) is 6.48. The Kier molecular flexibility index (Phi) is 1.45. The van der Waals surface area contributed by atoms with Crippen LogP contribution < -0.4 is 0 Å². The molecule has 0 spiro atoms. The van der Waals surface area contributed by atoms with Gasteiger partial charge in [-0.1, -0.05) is 0 Å². The third-order valence-corrected chi connectivity index (χ3v) is 1.72. The second-order valence-corrected chi connectivity index (χ2v) is 2.58. The first kappa shape index (κ1) is 7.60. The van der Waals surface area contributed by atoms with Crippen LogP contribution in [0.25, 0.3) is 11.0 Å². The van der Waals surface area contributed by atoms with Crippen LogP contribution in [0.4, 0.5) is 0 Å². The Hall–Kier alpha value is -2.04. The molecule has 13 heavy (non-hydrogen) atoms. The average molecular weight is 178 g/mol. The number of aromatic carboxylic acids is 1. The Bertz CT molecular complexity index is 475. The number of nitrogens with zero attached hydrogens (tertiary/aromatic N) is 1. The molecule has 0 amide bonds. The summed E-state index contributed by atoms with van der Waals surface area (Å²) in [6.45, 7) is 0. The van der Waals surface area contributed by atoms with E-state index in [2.05, 4.69) is 9.97 Å². The summed E-state index contributed by atoms with van der Waals surface area (Å²) in [5, 5.41) is 18.5. The van der Waals surface area contributed by atoms with Gasteiger partial charge < -0.3 is 15.2 Å². The Morgan fingerprint density at radius 3 is 3.00 bits per heavy atom. The van der Waals surface area contributed by atoms with Crippen molar-refractivity contribution in [1.82, 2.24) is 9.97 Å². The fourth-order valence-corrected chi connectivity index (χ4v) is 1.13. The molecule has 0 unspecified atom stereocenters. The number of aromatic amines is 1. The Balaban J connectivity index is 2.76. The Morgan fingerprint density at radius 1 is 1.54 bits per heavy atom. The second kappa shape index (κ2) is 2.48. The van der Waals surface area contributed by atoms with Crippen molar-refractivity contribution in [2.24, 2.45) is 0 Å². The lowest BCUT2D eigenvalue weighted by atomic mass is 10.2. The van der Waals surface area contributed by atoms with Crippen molar-refractivity contribution < 1.29 is 15.0 Å². The quantitative estimate of drug-likeness (QED) is 0.607. The average Bonchev–Trinajstić information content (AvgIpc) is 2.48. The van der Waals surface area contributed by atoms with Gasteiger partial charge >= 0.3 is 5.97 Å². The molecular formula is C8H6N2O3. The minimum atomic E-state index is -1.24. The number of aromatic hydroxyl groups is 1. The summed E-state index contributed by atoms with van der Waals surface area (Å²) in [6, 6.07) is 3.07. The van der Waals surface area contributed by atoms with Gasteiger partial charge in [0.15, 0.2) is 5.69 Å². The number of H-pyrrole nitrogens is 1. The van der Waals surface area contributed by atoms with E-state index < -0.39 is 5.97 Å². The fourth-order valence-electron chi connectivity index (χ4n) is 1.13. The van der Waals surface area contributed by atoms with Gasteiger partial charge in [-0.3, -0.25) is 0 Å². The highest BCUT2D eigenvalue weighted by molar-refractivity contribution is 5.92. The van der Waals surface area contributed by atoms with Gasteiger partial charge in [0.05, 0.1) is 0 Å². The van der Waals surface area contributed by atoms with E-state index in [0.717, 1.165) is 0 Å². The normalized spacial score (nSPS) is 10.5. The molecule has 3 N–H and O–H groups in total. The zero-order chi connectivity index (χ0) is 9.42. The van der Waals surface area contributed by atoms with E-state index in [1.165, 1.54) is 6.07 Å². The molecule has 5 nitrogen and oxygen atoms in total. The second-order valence-electron chi connectivity index (χ2n) is 2.58. The first-order valence-corrected chi connectivity index (χ1v) is 3.59. The van der Waals surface area contributed by atoms with Gasteiger partial charge in [-0.15, -0.1) is 0 Å². The van der Waals surface area contributed by atoms with E-state index >= 15 is 0 Å². The molecule has 0 aliphatic rings. The minimum Gasteiger partial charge on any atom is -0.505 e. The van der Waals surface area contributed by atoms with Gasteiger partial charge in [-0.05, 0) is 12.1 Å². The van der Waals surface area contributed by atoms with Crippen LogP contribution in [0.3, 0.4) is 0 Å². The molecule has 0 aliphatic heterocycles. The van der Waals surface area contributed by atoms with Crippen molar-refractivity contribution >= 4 is 17.0 Å². The van der Waals surface area contributed by atoms with Crippen LogP contribution in [0.15, 0.2) is 18.3 Å². The third kappa shape index (κ3) is 1.10. The summed E-state index contributed by atoms with van der Waals surface area (Å²) in [6.07, 6.45) is 1.63. The molecule has 5 heteroatoms. The molecule has 2 aromatic rings. The molecule has 2 rings (SSSR count). The van der Waals surface area contributed by atoms with Gasteiger partial charge in [0.2, 0.25) is 0 Å². The van der Waals surface area contributed by atoms with Crippen LogP contribution in [0, 0.1) is 0 Å². The van der Waals surface area contributed by atoms with Crippen LogP contribution in [0.5, 0.6) is 5.75 Å². The number of nitrogens with one attached hydrogen (secondary N) is 1. The molecule has 0 atom stereocenters. The predicted molar refractivity (Wildman–Crippen MR) is 44.7 cm³/mol. The van der Waals surface area contributed by atoms with E-state index in [0.29, 0.717) is 11.0 Å². The van der Waals surface area contributed by atoms with Crippen molar-refractivity contribution in [3.05, 3.63) is 24.0 Å². The summed E-state index contributed by atoms with van der Waals surface area (Å²) in [5.74, 6) is -1.56. The maximum Gasteiger partial charge on any atom is 0.358 e. The maximum absolute atomic E-state index is 10.6. The van der Waals surface area contributed by atoms with E-state index in [1.54, 1.807) is 12.3 Å². The van der Waals surface area contributed by atoms with Gasteiger partial charge in [0.25, 0.3) is 0 Å². The highest BCUT2D eigenvalue weighted by atomic mass is 16.4. The molecule has 0 saturated carbocycles. The van der Waals surface area contributed by atoms with Crippen LogP contribution in [0.2, 0.25) is 0 Å². The van der Waals surface area contributed by atoms with Crippen LogP contribution in [0.1, 0.15) is 10.5 Å². The molecule has 0 aliphatic carbocycles. The van der Waals surface area contributed by atoms with Gasteiger partial charge in [-0.2, -0.15) is 0 Å². The number of pyridine rings is 1. The number of hydrogen-bond acceptors (Lipinski definition) is 3. The predicted octanol–water partition coefficient (Wildman–Crippen LogP) is 0.967. The monoisotopic (exact) mass is 178 g/mol. The van der Waals surface area contributed by atoms with E-state index in [-0.39, 0.29) is 11.4 Å². The molecular weight excluding hydrogens is 172 g/mol. The first-order valence-electron chi connectivity index (χ1n) is 3.59. The summed E-state index contributed by atoms with van der Waals surface area (Å²) in [4.78, 5) is 17.0. The number of carbonyl (C=O) groups is 1. The first-order chi connectivity index (χ1) is 6.18. The largest absolute Gasteiger partial charge is 0.505 e. The number of fused-ring (bicyclic) bond motifs is 1. The van der Waals surface area contributed by atoms with Crippen molar-refractivity contribution in [1.29, 1.82) is 0 Å². The maximum atomic E-state index is 10.6. The summed E-state index contributed by atoms with van der Waals surface area (Å²) in [5.41, 5.74) is 0.116. The Labute approximate surface area is 72.7 Å². The van der Waals surface area contributed by atoms with Crippen molar-refractivity contribution in [2.45, 2.75) is 0 Å². The van der Waals surface area contributed by atoms with Gasteiger partial charge in [0.1, 0.15) is 11.4 Å². The summed E-state index contributed by atoms with van der Waals surface area (Å²) < 4.78 is 0. The summed E-state index contributed by atoms with van der Waals surface area (Å²) >= 11 is 0. The lowest BCUT2D eigenvalue weighted by Crippen LogP contribution is -2.00. The van der Waals surface area contributed by atoms with E-state index in [1.807, 2.05) is 0 Å². The van der Waals surface area contributed by atoms with Gasteiger partial charge in [0, 0.05) is 11.6 Å². The molecule has 2 heterocycles.